The van der Waals surface area contributed by atoms with Crippen LogP contribution in [0.1, 0.15) is 18.4 Å². The summed E-state index contributed by atoms with van der Waals surface area (Å²) < 4.78 is 1.85. The van der Waals surface area contributed by atoms with Gasteiger partial charge in [-0.05, 0) is 36.6 Å². The van der Waals surface area contributed by atoms with Crippen LogP contribution in [-0.2, 0) is 6.54 Å². The summed E-state index contributed by atoms with van der Waals surface area (Å²) in [6.07, 6.45) is 5.52. The molecule has 3 heterocycles. The van der Waals surface area contributed by atoms with Crippen molar-refractivity contribution in [1.82, 2.24) is 14.7 Å². The Kier molecular flexibility index (Phi) is 3.34. The van der Waals surface area contributed by atoms with E-state index in [0.717, 1.165) is 24.1 Å². The van der Waals surface area contributed by atoms with Gasteiger partial charge in [-0.15, -0.1) is 0 Å². The Labute approximate surface area is 134 Å². The van der Waals surface area contributed by atoms with Crippen LogP contribution in [-0.4, -0.2) is 45.0 Å². The summed E-state index contributed by atoms with van der Waals surface area (Å²) in [4.78, 5) is 14.3. The number of aliphatic hydroxyl groups excluding tert-OH is 1. The Morgan fingerprint density at radius 3 is 2.96 bits per heavy atom. The average molecular weight is 312 g/mol. The Balaban J connectivity index is 1.42. The van der Waals surface area contributed by atoms with E-state index in [9.17, 15) is 9.90 Å². The minimum Gasteiger partial charge on any atom is -0.396 e. The summed E-state index contributed by atoms with van der Waals surface area (Å²) in [6, 6.07) is 9.93. The average Bonchev–Trinajstić information content (AvgIpc) is 3.21. The number of carbonyl (C=O) groups excluding carboxylic acids is 1. The van der Waals surface area contributed by atoms with Gasteiger partial charge < -0.3 is 15.3 Å². The zero-order valence-electron chi connectivity index (χ0n) is 12.9. The number of aliphatic hydroxyl groups is 1. The second kappa shape index (κ2) is 5.38. The number of hydrogen-bond donors (Lipinski definition) is 2. The fourth-order valence-electron chi connectivity index (χ4n) is 3.72. The van der Waals surface area contributed by atoms with Crippen molar-refractivity contribution in [2.45, 2.75) is 25.4 Å². The number of amides is 2. The molecule has 1 aliphatic carbocycles. The molecule has 3 aliphatic rings. The van der Waals surface area contributed by atoms with Crippen molar-refractivity contribution in [2.24, 2.45) is 5.41 Å². The lowest BCUT2D eigenvalue weighted by atomic mass is 9.71. The molecule has 0 atom stereocenters. The summed E-state index contributed by atoms with van der Waals surface area (Å²) >= 11 is 0. The molecule has 2 bridgehead atoms. The highest BCUT2D eigenvalue weighted by molar-refractivity contribution is 5.90. The smallest absolute Gasteiger partial charge is 0.322 e. The van der Waals surface area contributed by atoms with Crippen LogP contribution < -0.4 is 5.32 Å². The fraction of sp³-hybridized carbons (Fsp3) is 0.412. The normalized spacial score (nSPS) is 25.3. The molecule has 3 fully saturated rings. The third kappa shape index (κ3) is 2.59. The van der Waals surface area contributed by atoms with Crippen LogP contribution in [0, 0.1) is 5.41 Å². The zero-order valence-corrected chi connectivity index (χ0v) is 12.9. The van der Waals surface area contributed by atoms with Gasteiger partial charge in [-0.25, -0.2) is 4.79 Å². The molecule has 0 spiro atoms. The first-order valence-corrected chi connectivity index (χ1v) is 7.92. The molecule has 2 aromatic rings. The van der Waals surface area contributed by atoms with Gasteiger partial charge in [0.1, 0.15) is 0 Å². The van der Waals surface area contributed by atoms with Crippen LogP contribution in [0.15, 0.2) is 42.7 Å². The summed E-state index contributed by atoms with van der Waals surface area (Å²) in [7, 11) is 0. The summed E-state index contributed by atoms with van der Waals surface area (Å²) in [5.74, 6) is 0. The molecule has 2 saturated heterocycles. The SMILES string of the molecule is O=C(Nc1cccc(Cn2cccn2)c1)N1CC2(CO)CC1C2. The van der Waals surface area contributed by atoms with E-state index in [4.69, 9.17) is 0 Å². The largest absolute Gasteiger partial charge is 0.396 e. The molecule has 2 amide bonds. The van der Waals surface area contributed by atoms with Crippen molar-refractivity contribution in [3.63, 3.8) is 0 Å². The van der Waals surface area contributed by atoms with Gasteiger partial charge in [-0.2, -0.15) is 5.10 Å². The fourth-order valence-corrected chi connectivity index (χ4v) is 3.72. The van der Waals surface area contributed by atoms with Crippen molar-refractivity contribution >= 4 is 11.7 Å². The standard InChI is InChI=1S/C17H20N4O2/c22-12-17-8-15(9-17)21(11-17)16(23)19-14-4-1-3-13(7-14)10-20-6-2-5-18-20/h1-7,15,22H,8-12H2,(H,19,23). The maximum atomic E-state index is 12.5. The minimum atomic E-state index is -0.0703. The lowest BCUT2D eigenvalue weighted by Crippen LogP contribution is -2.39. The van der Waals surface area contributed by atoms with Crippen LogP contribution in [0.5, 0.6) is 0 Å². The van der Waals surface area contributed by atoms with Crippen molar-refractivity contribution in [1.29, 1.82) is 0 Å². The van der Waals surface area contributed by atoms with Crippen molar-refractivity contribution in [3.8, 4) is 0 Å². The molecule has 5 rings (SSSR count). The molecular formula is C17H20N4O2. The summed E-state index contributed by atoms with van der Waals surface area (Å²) in [5, 5.41) is 16.6. The van der Waals surface area contributed by atoms with Crippen molar-refractivity contribution in [2.75, 3.05) is 18.5 Å². The van der Waals surface area contributed by atoms with E-state index in [-0.39, 0.29) is 24.1 Å². The van der Waals surface area contributed by atoms with E-state index in [2.05, 4.69) is 10.4 Å². The quantitative estimate of drug-likeness (QED) is 0.906. The number of anilines is 1. The maximum Gasteiger partial charge on any atom is 0.322 e. The predicted molar refractivity (Wildman–Crippen MR) is 86.0 cm³/mol. The monoisotopic (exact) mass is 312 g/mol. The number of nitrogens with one attached hydrogen (secondary N) is 1. The van der Waals surface area contributed by atoms with Crippen molar-refractivity contribution < 1.29 is 9.90 Å². The molecule has 1 saturated carbocycles. The maximum absolute atomic E-state index is 12.5. The molecule has 0 unspecified atom stereocenters. The topological polar surface area (TPSA) is 70.4 Å². The summed E-state index contributed by atoms with van der Waals surface area (Å²) in [6.45, 7) is 1.51. The molecule has 1 aromatic carbocycles. The van der Waals surface area contributed by atoms with Crippen LogP contribution >= 0.6 is 0 Å². The van der Waals surface area contributed by atoms with E-state index in [1.54, 1.807) is 6.20 Å². The highest BCUT2D eigenvalue weighted by atomic mass is 16.3. The van der Waals surface area contributed by atoms with Gasteiger partial charge >= 0.3 is 6.03 Å². The van der Waals surface area contributed by atoms with Gasteiger partial charge in [0.05, 0.1) is 13.2 Å². The molecule has 23 heavy (non-hydrogen) atoms. The first kappa shape index (κ1) is 14.3. The molecule has 120 valence electrons. The third-order valence-electron chi connectivity index (χ3n) is 4.96. The van der Waals surface area contributed by atoms with Gasteiger partial charge in [0.2, 0.25) is 0 Å². The predicted octanol–water partition coefficient (Wildman–Crippen LogP) is 1.92. The zero-order chi connectivity index (χ0) is 15.9. The Hall–Kier alpha value is -2.34. The number of hydrogen-bond acceptors (Lipinski definition) is 3. The highest BCUT2D eigenvalue weighted by Crippen LogP contribution is 2.51. The van der Waals surface area contributed by atoms with E-state index < -0.39 is 0 Å². The number of nitrogens with zero attached hydrogens (tertiary/aromatic N) is 3. The van der Waals surface area contributed by atoms with E-state index in [0.29, 0.717) is 13.1 Å². The van der Waals surface area contributed by atoms with Crippen LogP contribution in [0.3, 0.4) is 0 Å². The lowest BCUT2D eigenvalue weighted by molar-refractivity contribution is 0.0850. The summed E-state index contributed by atoms with van der Waals surface area (Å²) in [5.41, 5.74) is 1.84. The third-order valence-corrected chi connectivity index (χ3v) is 4.96. The molecule has 0 radical (unpaired) electrons. The number of aromatic nitrogens is 2. The van der Waals surface area contributed by atoms with E-state index in [1.165, 1.54) is 0 Å². The number of fused-ring (bicyclic) bond motifs is 1. The molecule has 6 nitrogen and oxygen atoms in total. The van der Waals surface area contributed by atoms with E-state index in [1.807, 2.05) is 46.1 Å². The number of carbonyl (C=O) groups is 1. The number of urea groups is 1. The van der Waals surface area contributed by atoms with Crippen LogP contribution in [0.2, 0.25) is 0 Å². The van der Waals surface area contributed by atoms with Gasteiger partial charge in [-0.1, -0.05) is 12.1 Å². The second-order valence-corrected chi connectivity index (χ2v) is 6.68. The van der Waals surface area contributed by atoms with E-state index >= 15 is 0 Å². The van der Waals surface area contributed by atoms with Crippen LogP contribution in [0.4, 0.5) is 10.5 Å². The molecule has 1 aromatic heterocycles. The first-order valence-electron chi connectivity index (χ1n) is 7.92. The van der Waals surface area contributed by atoms with Gasteiger partial charge in [-0.3, -0.25) is 4.68 Å². The van der Waals surface area contributed by atoms with Crippen molar-refractivity contribution in [3.05, 3.63) is 48.3 Å². The molecule has 6 heteroatoms. The lowest BCUT2D eigenvalue weighted by Gasteiger charge is -2.34. The van der Waals surface area contributed by atoms with Gasteiger partial charge in [0.25, 0.3) is 0 Å². The van der Waals surface area contributed by atoms with Gasteiger partial charge in [0, 0.05) is 36.1 Å². The number of rotatable bonds is 4. The number of benzene rings is 1. The Morgan fingerprint density at radius 2 is 2.26 bits per heavy atom. The highest BCUT2D eigenvalue weighted by Gasteiger charge is 2.56. The molecular weight excluding hydrogens is 292 g/mol. The van der Waals surface area contributed by atoms with Gasteiger partial charge in [0.15, 0.2) is 0 Å². The molecule has 2 N–H and O–H groups in total. The Bertz CT molecular complexity index is 707. The first-order chi connectivity index (χ1) is 11.2. The second-order valence-electron chi connectivity index (χ2n) is 6.68. The Morgan fingerprint density at radius 1 is 1.39 bits per heavy atom. The van der Waals surface area contributed by atoms with Crippen LogP contribution in [0.25, 0.3) is 0 Å². The minimum absolute atomic E-state index is 0.0378. The molecule has 2 aliphatic heterocycles.